The van der Waals surface area contributed by atoms with E-state index in [-0.39, 0.29) is 0 Å². The van der Waals surface area contributed by atoms with E-state index < -0.39 is 0 Å². The third-order valence-corrected chi connectivity index (χ3v) is 3.56. The van der Waals surface area contributed by atoms with Crippen molar-refractivity contribution in [3.8, 4) is 0 Å². The van der Waals surface area contributed by atoms with Gasteiger partial charge in [-0.2, -0.15) is 0 Å². The molecule has 2 aromatic rings. The van der Waals surface area contributed by atoms with Crippen LogP contribution in [0.2, 0.25) is 0 Å². The molecule has 0 fully saturated rings. The first-order chi connectivity index (χ1) is 9.92. The van der Waals surface area contributed by atoms with E-state index in [1.54, 1.807) is 0 Å². The normalized spacial score (nSPS) is 10.8. The summed E-state index contributed by atoms with van der Waals surface area (Å²) in [6.07, 6.45) is 0. The maximum Gasteiger partial charge on any atom is 0.138 e. The fraction of sp³-hybridized carbons (Fsp3) is 0.412. The summed E-state index contributed by atoms with van der Waals surface area (Å²) in [5.74, 6) is 2.91. The van der Waals surface area contributed by atoms with Crippen LogP contribution in [0.3, 0.4) is 0 Å². The van der Waals surface area contributed by atoms with E-state index in [9.17, 15) is 0 Å². The van der Waals surface area contributed by atoms with Gasteiger partial charge < -0.3 is 10.2 Å². The van der Waals surface area contributed by atoms with E-state index >= 15 is 0 Å². The molecule has 1 N–H and O–H groups in total. The number of nitrogens with one attached hydrogen (secondary N) is 1. The zero-order valence-electron chi connectivity index (χ0n) is 13.7. The second-order valence-electron chi connectivity index (χ2n) is 5.72. The molecule has 4 nitrogen and oxygen atoms in total. The van der Waals surface area contributed by atoms with Crippen LogP contribution in [0.4, 0.5) is 17.3 Å². The lowest BCUT2D eigenvalue weighted by molar-refractivity contribution is 0.773. The molecule has 1 heterocycles. The number of nitrogens with zero attached hydrogens (tertiary/aromatic N) is 3. The summed E-state index contributed by atoms with van der Waals surface area (Å²) in [4.78, 5) is 11.3. The third kappa shape index (κ3) is 3.32. The Morgan fingerprint density at radius 2 is 1.81 bits per heavy atom. The number of aryl methyl sites for hydroxylation is 2. The molecule has 0 bridgehead atoms. The topological polar surface area (TPSA) is 41.0 Å². The number of benzene rings is 1. The SMILES string of the molecule is CNc1cc(N(C)c2ccc(C)cc2C)nc(C(C)C)n1. The lowest BCUT2D eigenvalue weighted by Gasteiger charge is -2.22. The molecular formula is C17H24N4. The zero-order chi connectivity index (χ0) is 15.6. The van der Waals surface area contributed by atoms with Gasteiger partial charge in [0.15, 0.2) is 0 Å². The van der Waals surface area contributed by atoms with Gasteiger partial charge in [-0.3, -0.25) is 0 Å². The van der Waals surface area contributed by atoms with E-state index in [4.69, 9.17) is 4.98 Å². The van der Waals surface area contributed by atoms with Crippen LogP contribution < -0.4 is 10.2 Å². The van der Waals surface area contributed by atoms with Crippen molar-refractivity contribution in [1.29, 1.82) is 0 Å². The van der Waals surface area contributed by atoms with Crippen LogP contribution in [0.5, 0.6) is 0 Å². The van der Waals surface area contributed by atoms with Crippen LogP contribution in [0, 0.1) is 13.8 Å². The fourth-order valence-electron chi connectivity index (χ4n) is 2.32. The van der Waals surface area contributed by atoms with Crippen LogP contribution in [0.25, 0.3) is 0 Å². The maximum absolute atomic E-state index is 4.70. The molecule has 0 unspecified atom stereocenters. The summed E-state index contributed by atoms with van der Waals surface area (Å²) in [6, 6.07) is 8.43. The van der Waals surface area contributed by atoms with Gasteiger partial charge in [0.1, 0.15) is 17.5 Å². The van der Waals surface area contributed by atoms with Gasteiger partial charge in [-0.1, -0.05) is 31.5 Å². The van der Waals surface area contributed by atoms with E-state index in [2.05, 4.69) is 61.1 Å². The van der Waals surface area contributed by atoms with Gasteiger partial charge in [0.25, 0.3) is 0 Å². The highest BCUT2D eigenvalue weighted by Gasteiger charge is 2.13. The molecule has 2 rings (SSSR count). The zero-order valence-corrected chi connectivity index (χ0v) is 13.7. The highest BCUT2D eigenvalue weighted by Crippen LogP contribution is 2.28. The summed E-state index contributed by atoms with van der Waals surface area (Å²) >= 11 is 0. The predicted molar refractivity (Wildman–Crippen MR) is 89.6 cm³/mol. The molecule has 0 atom stereocenters. The van der Waals surface area contributed by atoms with Gasteiger partial charge in [0, 0.05) is 31.8 Å². The Hall–Kier alpha value is -2.10. The largest absolute Gasteiger partial charge is 0.373 e. The highest BCUT2D eigenvalue weighted by molar-refractivity contribution is 5.65. The molecule has 0 saturated carbocycles. The highest BCUT2D eigenvalue weighted by atomic mass is 15.2. The van der Waals surface area contributed by atoms with Crippen LogP contribution in [-0.2, 0) is 0 Å². The van der Waals surface area contributed by atoms with Gasteiger partial charge in [-0.05, 0) is 25.5 Å². The molecule has 0 aliphatic heterocycles. The second-order valence-corrected chi connectivity index (χ2v) is 5.72. The Morgan fingerprint density at radius 3 is 2.38 bits per heavy atom. The first-order valence-corrected chi connectivity index (χ1v) is 7.30. The Morgan fingerprint density at radius 1 is 1.10 bits per heavy atom. The van der Waals surface area contributed by atoms with Crippen molar-refractivity contribution >= 4 is 17.3 Å². The first-order valence-electron chi connectivity index (χ1n) is 7.30. The van der Waals surface area contributed by atoms with Gasteiger partial charge in [-0.15, -0.1) is 0 Å². The van der Waals surface area contributed by atoms with Crippen molar-refractivity contribution < 1.29 is 0 Å². The minimum Gasteiger partial charge on any atom is -0.373 e. The van der Waals surface area contributed by atoms with Crippen molar-refractivity contribution in [2.24, 2.45) is 0 Å². The van der Waals surface area contributed by atoms with Crippen molar-refractivity contribution in [2.45, 2.75) is 33.6 Å². The van der Waals surface area contributed by atoms with Crippen LogP contribution in [-0.4, -0.2) is 24.1 Å². The standard InChI is InChI=1S/C17H24N4/c1-11(2)17-19-15(18-5)10-16(20-17)21(6)14-8-7-12(3)9-13(14)4/h7-11H,1-6H3,(H,18,19,20). The fourth-order valence-corrected chi connectivity index (χ4v) is 2.32. The van der Waals surface area contributed by atoms with Gasteiger partial charge in [0.2, 0.25) is 0 Å². The molecule has 0 aliphatic rings. The van der Waals surface area contributed by atoms with E-state index in [1.807, 2.05) is 20.2 Å². The maximum atomic E-state index is 4.70. The summed E-state index contributed by atoms with van der Waals surface area (Å²) in [5.41, 5.74) is 3.68. The van der Waals surface area contributed by atoms with Crippen molar-refractivity contribution in [1.82, 2.24) is 9.97 Å². The molecule has 112 valence electrons. The number of hydrogen-bond acceptors (Lipinski definition) is 4. The smallest absolute Gasteiger partial charge is 0.138 e. The van der Waals surface area contributed by atoms with Crippen LogP contribution in [0.15, 0.2) is 24.3 Å². The number of aromatic nitrogens is 2. The first kappa shape index (κ1) is 15.3. The molecule has 0 spiro atoms. The summed E-state index contributed by atoms with van der Waals surface area (Å²) in [6.45, 7) is 8.45. The molecule has 4 heteroatoms. The lowest BCUT2D eigenvalue weighted by Crippen LogP contribution is -2.15. The molecule has 1 aromatic heterocycles. The Balaban J connectivity index is 2.46. The molecule has 0 aliphatic carbocycles. The molecule has 0 amide bonds. The van der Waals surface area contributed by atoms with E-state index in [1.165, 1.54) is 11.1 Å². The van der Waals surface area contributed by atoms with Crippen molar-refractivity contribution in [2.75, 3.05) is 24.3 Å². The Labute approximate surface area is 127 Å². The quantitative estimate of drug-likeness (QED) is 0.920. The number of rotatable bonds is 4. The Bertz CT molecular complexity index is 635. The molecule has 1 aromatic carbocycles. The number of hydrogen-bond donors (Lipinski definition) is 1. The number of anilines is 3. The molecule has 0 saturated heterocycles. The van der Waals surface area contributed by atoms with E-state index in [0.29, 0.717) is 5.92 Å². The predicted octanol–water partition coefficient (Wildman–Crippen LogP) is 4.03. The minimum absolute atomic E-state index is 0.296. The Kier molecular flexibility index (Phi) is 4.46. The summed E-state index contributed by atoms with van der Waals surface area (Å²) in [5, 5.41) is 3.11. The average molecular weight is 284 g/mol. The van der Waals surface area contributed by atoms with Gasteiger partial charge in [0.05, 0.1) is 0 Å². The summed E-state index contributed by atoms with van der Waals surface area (Å²) in [7, 11) is 3.93. The molecular weight excluding hydrogens is 260 g/mol. The molecule has 21 heavy (non-hydrogen) atoms. The lowest BCUT2D eigenvalue weighted by atomic mass is 10.1. The minimum atomic E-state index is 0.296. The van der Waals surface area contributed by atoms with Crippen molar-refractivity contribution in [3.63, 3.8) is 0 Å². The average Bonchev–Trinajstić information content (AvgIpc) is 2.46. The van der Waals surface area contributed by atoms with Crippen molar-refractivity contribution in [3.05, 3.63) is 41.2 Å². The van der Waals surface area contributed by atoms with E-state index in [0.717, 1.165) is 23.1 Å². The van der Waals surface area contributed by atoms with Gasteiger partial charge >= 0.3 is 0 Å². The summed E-state index contributed by atoms with van der Waals surface area (Å²) < 4.78 is 0. The van der Waals surface area contributed by atoms with Crippen LogP contribution >= 0.6 is 0 Å². The second kappa shape index (κ2) is 6.12. The third-order valence-electron chi connectivity index (χ3n) is 3.56. The van der Waals surface area contributed by atoms with Crippen LogP contribution in [0.1, 0.15) is 36.7 Å². The monoisotopic (exact) mass is 284 g/mol. The molecule has 0 radical (unpaired) electrons. The van der Waals surface area contributed by atoms with Gasteiger partial charge in [-0.25, -0.2) is 9.97 Å².